The monoisotopic (exact) mass is 210 g/mol. The average molecular weight is 210 g/mol. The number of hydrogen-bond donors (Lipinski definition) is 1. The molecule has 1 aromatic heterocycles. The normalized spacial score (nSPS) is 20.7. The Balaban J connectivity index is 1.95. The summed E-state index contributed by atoms with van der Waals surface area (Å²) in [6.07, 6.45) is 1.81. The maximum absolute atomic E-state index is 11.4. The summed E-state index contributed by atoms with van der Waals surface area (Å²) in [5.74, 6) is 0.693. The first-order valence-electron chi connectivity index (χ1n) is 5.00. The number of furan rings is 1. The molecule has 5 heteroatoms. The van der Waals surface area contributed by atoms with Crippen molar-refractivity contribution in [2.24, 2.45) is 5.73 Å². The Kier molecular flexibility index (Phi) is 2.91. The summed E-state index contributed by atoms with van der Waals surface area (Å²) >= 11 is 0. The molecule has 1 unspecified atom stereocenters. The number of nitrogens with zero attached hydrogens (tertiary/aromatic N) is 1. The number of carbonyl (C=O) groups is 1. The first-order valence-corrected chi connectivity index (χ1v) is 5.00. The predicted molar refractivity (Wildman–Crippen MR) is 53.2 cm³/mol. The zero-order valence-corrected chi connectivity index (χ0v) is 8.39. The molecule has 15 heavy (non-hydrogen) atoms. The molecule has 0 radical (unpaired) electrons. The molecule has 1 aliphatic rings. The van der Waals surface area contributed by atoms with Crippen LogP contribution >= 0.6 is 0 Å². The molecule has 5 nitrogen and oxygen atoms in total. The van der Waals surface area contributed by atoms with Crippen molar-refractivity contribution in [1.29, 1.82) is 0 Å². The third kappa shape index (κ3) is 2.12. The van der Waals surface area contributed by atoms with Gasteiger partial charge in [-0.25, -0.2) is 4.79 Å². The van der Waals surface area contributed by atoms with Gasteiger partial charge in [0.15, 0.2) is 6.10 Å². The molecule has 1 saturated heterocycles. The van der Waals surface area contributed by atoms with Gasteiger partial charge >= 0.3 is 6.09 Å². The zero-order valence-electron chi connectivity index (χ0n) is 8.39. The average Bonchev–Trinajstić information content (AvgIpc) is 2.83. The van der Waals surface area contributed by atoms with E-state index in [0.717, 1.165) is 6.42 Å². The molecule has 2 heterocycles. The number of ether oxygens (including phenoxy) is 1. The molecule has 2 rings (SSSR count). The van der Waals surface area contributed by atoms with E-state index in [4.69, 9.17) is 14.9 Å². The van der Waals surface area contributed by atoms with Crippen molar-refractivity contribution in [3.63, 3.8) is 0 Å². The molecule has 1 aliphatic heterocycles. The molecule has 1 atom stereocenters. The van der Waals surface area contributed by atoms with Crippen molar-refractivity contribution < 1.29 is 13.9 Å². The summed E-state index contributed by atoms with van der Waals surface area (Å²) in [6, 6.07) is 3.59. The Morgan fingerprint density at radius 2 is 2.47 bits per heavy atom. The summed E-state index contributed by atoms with van der Waals surface area (Å²) < 4.78 is 10.4. The van der Waals surface area contributed by atoms with Gasteiger partial charge in [0.2, 0.25) is 0 Å². The highest BCUT2D eigenvalue weighted by Crippen LogP contribution is 2.26. The van der Waals surface area contributed by atoms with Crippen LogP contribution in [0.3, 0.4) is 0 Å². The van der Waals surface area contributed by atoms with Gasteiger partial charge in [-0.3, -0.25) is 0 Å². The van der Waals surface area contributed by atoms with Crippen molar-refractivity contribution in [1.82, 2.24) is 4.90 Å². The second kappa shape index (κ2) is 4.35. The Hall–Kier alpha value is -1.49. The Bertz CT molecular complexity index is 323. The minimum absolute atomic E-state index is 0.273. The largest absolute Gasteiger partial charge is 0.465 e. The second-order valence-corrected chi connectivity index (χ2v) is 3.48. The van der Waals surface area contributed by atoms with Gasteiger partial charge in [-0.05, 0) is 25.1 Å². The summed E-state index contributed by atoms with van der Waals surface area (Å²) in [5, 5.41) is 0. The van der Waals surface area contributed by atoms with Crippen LogP contribution in [0.4, 0.5) is 4.79 Å². The van der Waals surface area contributed by atoms with Gasteiger partial charge < -0.3 is 19.8 Å². The fourth-order valence-corrected chi connectivity index (χ4v) is 1.60. The van der Waals surface area contributed by atoms with Gasteiger partial charge in [0.05, 0.1) is 12.8 Å². The molecule has 1 amide bonds. The molecular formula is C10H14N2O3. The number of carbonyl (C=O) groups excluding carboxylic acids is 1. The van der Waals surface area contributed by atoms with Crippen molar-refractivity contribution in [3.8, 4) is 0 Å². The number of rotatable bonds is 4. The van der Waals surface area contributed by atoms with Crippen molar-refractivity contribution >= 4 is 6.09 Å². The van der Waals surface area contributed by atoms with Gasteiger partial charge in [0, 0.05) is 6.54 Å². The fourth-order valence-electron chi connectivity index (χ4n) is 1.60. The number of hydrogen-bond acceptors (Lipinski definition) is 4. The molecule has 0 aliphatic carbocycles. The van der Waals surface area contributed by atoms with Crippen LogP contribution in [-0.2, 0) is 4.74 Å². The molecule has 0 spiro atoms. The lowest BCUT2D eigenvalue weighted by Gasteiger charge is -2.10. The summed E-state index contributed by atoms with van der Waals surface area (Å²) in [7, 11) is 0. The summed E-state index contributed by atoms with van der Waals surface area (Å²) in [6.45, 7) is 1.77. The molecule has 2 N–H and O–H groups in total. The third-order valence-corrected chi connectivity index (χ3v) is 2.38. The van der Waals surface area contributed by atoms with E-state index in [0.29, 0.717) is 25.4 Å². The predicted octanol–water partition coefficient (Wildman–Crippen LogP) is 1.12. The quantitative estimate of drug-likeness (QED) is 0.808. The van der Waals surface area contributed by atoms with Gasteiger partial charge in [-0.2, -0.15) is 0 Å². The fraction of sp³-hybridized carbons (Fsp3) is 0.500. The number of cyclic esters (lactones) is 1. The Morgan fingerprint density at radius 1 is 1.60 bits per heavy atom. The van der Waals surface area contributed by atoms with Crippen LogP contribution in [0.15, 0.2) is 22.8 Å². The zero-order chi connectivity index (χ0) is 10.7. The minimum atomic E-state index is -0.287. The van der Waals surface area contributed by atoms with Gasteiger partial charge in [-0.15, -0.1) is 0 Å². The highest BCUT2D eigenvalue weighted by molar-refractivity contribution is 5.70. The lowest BCUT2D eigenvalue weighted by atomic mass is 10.2. The molecule has 1 aromatic rings. The maximum Gasteiger partial charge on any atom is 0.410 e. The van der Waals surface area contributed by atoms with Crippen LogP contribution < -0.4 is 5.73 Å². The SMILES string of the molecule is NCCCN1CC(c2ccco2)OC1=O. The first-order chi connectivity index (χ1) is 7.31. The van der Waals surface area contributed by atoms with Crippen molar-refractivity contribution in [2.75, 3.05) is 19.6 Å². The van der Waals surface area contributed by atoms with Crippen molar-refractivity contribution in [2.45, 2.75) is 12.5 Å². The topological polar surface area (TPSA) is 68.7 Å². The van der Waals surface area contributed by atoms with Crippen LogP contribution in [0.1, 0.15) is 18.3 Å². The van der Waals surface area contributed by atoms with Crippen LogP contribution in [0.2, 0.25) is 0 Å². The lowest BCUT2D eigenvalue weighted by molar-refractivity contribution is 0.123. The van der Waals surface area contributed by atoms with E-state index in [-0.39, 0.29) is 12.2 Å². The Morgan fingerprint density at radius 3 is 3.13 bits per heavy atom. The molecule has 82 valence electrons. The molecule has 0 saturated carbocycles. The molecule has 0 bridgehead atoms. The third-order valence-electron chi connectivity index (χ3n) is 2.38. The van der Waals surface area contributed by atoms with E-state index >= 15 is 0 Å². The van der Waals surface area contributed by atoms with E-state index in [9.17, 15) is 4.79 Å². The number of amides is 1. The Labute approximate surface area is 87.8 Å². The minimum Gasteiger partial charge on any atom is -0.465 e. The highest BCUT2D eigenvalue weighted by atomic mass is 16.6. The van der Waals surface area contributed by atoms with Crippen LogP contribution in [0.5, 0.6) is 0 Å². The van der Waals surface area contributed by atoms with Gasteiger partial charge in [0.25, 0.3) is 0 Å². The standard InChI is InChI=1S/C10H14N2O3/c11-4-2-5-12-7-9(15-10(12)13)8-3-1-6-14-8/h1,3,6,9H,2,4-5,7,11H2. The van der Waals surface area contributed by atoms with Crippen LogP contribution in [-0.4, -0.2) is 30.6 Å². The van der Waals surface area contributed by atoms with E-state index in [2.05, 4.69) is 0 Å². The molecule has 1 fully saturated rings. The van der Waals surface area contributed by atoms with E-state index < -0.39 is 0 Å². The van der Waals surface area contributed by atoms with Gasteiger partial charge in [0.1, 0.15) is 5.76 Å². The van der Waals surface area contributed by atoms with E-state index in [1.54, 1.807) is 17.2 Å². The van der Waals surface area contributed by atoms with Crippen LogP contribution in [0, 0.1) is 0 Å². The molecule has 0 aromatic carbocycles. The first kappa shape index (κ1) is 10.0. The summed E-state index contributed by atoms with van der Waals surface area (Å²) in [4.78, 5) is 13.1. The van der Waals surface area contributed by atoms with E-state index in [1.165, 1.54) is 0 Å². The van der Waals surface area contributed by atoms with E-state index in [1.807, 2.05) is 6.07 Å². The smallest absolute Gasteiger partial charge is 0.410 e. The highest BCUT2D eigenvalue weighted by Gasteiger charge is 2.33. The van der Waals surface area contributed by atoms with Gasteiger partial charge in [-0.1, -0.05) is 0 Å². The maximum atomic E-state index is 11.4. The summed E-state index contributed by atoms with van der Waals surface area (Å²) in [5.41, 5.74) is 5.38. The lowest BCUT2D eigenvalue weighted by Crippen LogP contribution is -2.26. The molecular weight excluding hydrogens is 196 g/mol. The number of nitrogens with two attached hydrogens (primary N) is 1. The second-order valence-electron chi connectivity index (χ2n) is 3.48. The van der Waals surface area contributed by atoms with Crippen LogP contribution in [0.25, 0.3) is 0 Å². The van der Waals surface area contributed by atoms with Crippen molar-refractivity contribution in [3.05, 3.63) is 24.2 Å².